The van der Waals surface area contributed by atoms with E-state index in [-0.39, 0.29) is 5.41 Å². The minimum absolute atomic E-state index is 0.0372. The van der Waals surface area contributed by atoms with Crippen LogP contribution in [-0.4, -0.2) is 0 Å². The van der Waals surface area contributed by atoms with E-state index in [9.17, 15) is 0 Å². The number of hydrogen-bond acceptors (Lipinski definition) is 1. The third-order valence-electron chi connectivity index (χ3n) is 7.95. The third-order valence-corrected chi connectivity index (χ3v) is 7.95. The van der Waals surface area contributed by atoms with Crippen LogP contribution in [0.25, 0.3) is 33.5 Å². The van der Waals surface area contributed by atoms with E-state index in [1.54, 1.807) is 0 Å². The van der Waals surface area contributed by atoms with Gasteiger partial charge in [0.05, 0.1) is 0 Å². The highest BCUT2D eigenvalue weighted by atomic mass is 14.6. The number of benzene rings is 5. The van der Waals surface area contributed by atoms with Crippen molar-refractivity contribution in [2.24, 2.45) is 5.73 Å². The lowest BCUT2D eigenvalue weighted by molar-refractivity contribution is 0.660. The predicted octanol–water partition coefficient (Wildman–Crippen LogP) is 9.29. The molecule has 0 heterocycles. The number of hydrogen-bond donors (Lipinski definition) is 1. The second kappa shape index (κ2) is 10.3. The average molecular weight is 504 g/mol. The molecule has 6 rings (SSSR count). The molecule has 0 spiro atoms. The first-order valence-electron chi connectivity index (χ1n) is 13.6. The van der Waals surface area contributed by atoms with Crippen molar-refractivity contribution in [1.82, 2.24) is 0 Å². The van der Waals surface area contributed by atoms with Crippen LogP contribution in [0.3, 0.4) is 0 Å². The molecule has 0 aliphatic heterocycles. The maximum Gasteiger partial charge on any atom is 0.0393 e. The Labute approximate surface area is 232 Å². The smallest absolute Gasteiger partial charge is 0.0393 e. The van der Waals surface area contributed by atoms with Crippen molar-refractivity contribution in [3.05, 3.63) is 167 Å². The Hall–Kier alpha value is -4.62. The number of allylic oxidation sites excluding steroid dienone is 3. The SMILES string of the molecule is CC1(C)c2ccccc2-c2cc(-c3ccc(C/C=C(\C=C(/N)c4ccccc4)c4ccccc4)cc3)ccc21. The van der Waals surface area contributed by atoms with Gasteiger partial charge >= 0.3 is 0 Å². The zero-order valence-corrected chi connectivity index (χ0v) is 22.6. The van der Waals surface area contributed by atoms with Crippen LogP contribution in [-0.2, 0) is 11.8 Å². The molecular weight excluding hydrogens is 470 g/mol. The quantitative estimate of drug-likeness (QED) is 0.230. The van der Waals surface area contributed by atoms with Gasteiger partial charge in [0.15, 0.2) is 0 Å². The molecule has 0 radical (unpaired) electrons. The Morgan fingerprint density at radius 2 is 1.21 bits per heavy atom. The molecule has 5 aromatic carbocycles. The van der Waals surface area contributed by atoms with Crippen LogP contribution in [0.5, 0.6) is 0 Å². The Morgan fingerprint density at radius 1 is 0.615 bits per heavy atom. The minimum Gasteiger partial charge on any atom is -0.398 e. The fourth-order valence-electron chi connectivity index (χ4n) is 5.73. The fraction of sp³-hybridized carbons (Fsp3) is 0.105. The van der Waals surface area contributed by atoms with Crippen LogP contribution >= 0.6 is 0 Å². The average Bonchev–Trinajstić information content (AvgIpc) is 3.22. The molecule has 0 saturated carbocycles. The van der Waals surface area contributed by atoms with Crippen molar-refractivity contribution in [2.75, 3.05) is 0 Å². The van der Waals surface area contributed by atoms with Gasteiger partial charge in [0.25, 0.3) is 0 Å². The van der Waals surface area contributed by atoms with Crippen LogP contribution in [0.2, 0.25) is 0 Å². The van der Waals surface area contributed by atoms with E-state index < -0.39 is 0 Å². The maximum atomic E-state index is 6.49. The first-order chi connectivity index (χ1) is 19.0. The molecule has 1 aliphatic rings. The summed E-state index contributed by atoms with van der Waals surface area (Å²) in [7, 11) is 0. The lowest BCUT2D eigenvalue weighted by Gasteiger charge is -2.21. The van der Waals surface area contributed by atoms with Gasteiger partial charge in [-0.05, 0) is 74.2 Å². The summed E-state index contributed by atoms with van der Waals surface area (Å²) in [4.78, 5) is 0. The lowest BCUT2D eigenvalue weighted by Crippen LogP contribution is -2.14. The number of nitrogens with two attached hydrogens (primary N) is 1. The molecule has 190 valence electrons. The molecule has 0 saturated heterocycles. The van der Waals surface area contributed by atoms with Gasteiger partial charge in [-0.2, -0.15) is 0 Å². The highest BCUT2D eigenvalue weighted by Crippen LogP contribution is 2.49. The molecule has 0 fully saturated rings. The summed E-state index contributed by atoms with van der Waals surface area (Å²) < 4.78 is 0. The minimum atomic E-state index is 0.0372. The molecule has 1 heteroatoms. The van der Waals surface area contributed by atoms with Crippen LogP contribution in [0.4, 0.5) is 0 Å². The highest BCUT2D eigenvalue weighted by molar-refractivity contribution is 5.85. The van der Waals surface area contributed by atoms with Gasteiger partial charge in [0.1, 0.15) is 0 Å². The molecule has 1 nitrogen and oxygen atoms in total. The van der Waals surface area contributed by atoms with Gasteiger partial charge in [-0.25, -0.2) is 0 Å². The largest absolute Gasteiger partial charge is 0.398 e. The molecule has 1 aliphatic carbocycles. The molecule has 39 heavy (non-hydrogen) atoms. The van der Waals surface area contributed by atoms with Crippen molar-refractivity contribution in [1.29, 1.82) is 0 Å². The van der Waals surface area contributed by atoms with E-state index >= 15 is 0 Å². The molecular formula is C38H33N. The topological polar surface area (TPSA) is 26.0 Å². The van der Waals surface area contributed by atoms with Gasteiger partial charge in [-0.1, -0.05) is 141 Å². The summed E-state index contributed by atoms with van der Waals surface area (Å²) in [6, 6.07) is 45.3. The van der Waals surface area contributed by atoms with Gasteiger partial charge < -0.3 is 5.73 Å². The van der Waals surface area contributed by atoms with Crippen molar-refractivity contribution in [3.63, 3.8) is 0 Å². The van der Waals surface area contributed by atoms with E-state index in [0.717, 1.165) is 28.8 Å². The van der Waals surface area contributed by atoms with E-state index in [0.29, 0.717) is 0 Å². The van der Waals surface area contributed by atoms with E-state index in [4.69, 9.17) is 5.73 Å². The lowest BCUT2D eigenvalue weighted by atomic mass is 9.82. The standard InChI is InChI=1S/C38H33N/c1-38(2)35-16-10-9-15-33(35)34-25-31(23-24-36(34)38)29-20-17-27(18-21-29)19-22-32(28-11-5-3-6-12-28)26-37(39)30-13-7-4-8-14-30/h3-18,20-26H,19,39H2,1-2H3/b32-22+,37-26-. The molecule has 0 aromatic heterocycles. The second-order valence-corrected chi connectivity index (χ2v) is 10.8. The van der Waals surface area contributed by atoms with Gasteiger partial charge in [0, 0.05) is 11.1 Å². The van der Waals surface area contributed by atoms with Crippen LogP contribution in [0.15, 0.2) is 140 Å². The van der Waals surface area contributed by atoms with E-state index in [1.807, 2.05) is 36.4 Å². The highest BCUT2D eigenvalue weighted by Gasteiger charge is 2.34. The van der Waals surface area contributed by atoms with Gasteiger partial charge in [0.2, 0.25) is 0 Å². The van der Waals surface area contributed by atoms with Crippen molar-refractivity contribution in [3.8, 4) is 22.3 Å². The van der Waals surface area contributed by atoms with Crippen LogP contribution < -0.4 is 5.73 Å². The summed E-state index contributed by atoms with van der Waals surface area (Å²) >= 11 is 0. The molecule has 0 bridgehead atoms. The van der Waals surface area contributed by atoms with Crippen LogP contribution in [0.1, 0.15) is 41.7 Å². The Morgan fingerprint density at radius 3 is 1.92 bits per heavy atom. The molecule has 0 amide bonds. The second-order valence-electron chi connectivity index (χ2n) is 10.8. The number of rotatable bonds is 6. The predicted molar refractivity (Wildman–Crippen MR) is 166 cm³/mol. The van der Waals surface area contributed by atoms with Crippen molar-refractivity contribution < 1.29 is 0 Å². The summed E-state index contributed by atoms with van der Waals surface area (Å²) in [5, 5.41) is 0. The normalized spacial score (nSPS) is 14.1. The molecule has 2 N–H and O–H groups in total. The Balaban J connectivity index is 1.27. The summed E-state index contributed by atoms with van der Waals surface area (Å²) in [5.74, 6) is 0. The summed E-state index contributed by atoms with van der Waals surface area (Å²) in [5.41, 5.74) is 19.9. The summed E-state index contributed by atoms with van der Waals surface area (Å²) in [6.07, 6.45) is 5.19. The third kappa shape index (κ3) is 4.84. The van der Waals surface area contributed by atoms with Crippen molar-refractivity contribution >= 4 is 11.3 Å². The fourth-order valence-corrected chi connectivity index (χ4v) is 5.73. The van der Waals surface area contributed by atoms with E-state index in [2.05, 4.69) is 117 Å². The number of fused-ring (bicyclic) bond motifs is 3. The Kier molecular flexibility index (Phi) is 6.50. The van der Waals surface area contributed by atoms with Crippen molar-refractivity contribution in [2.45, 2.75) is 25.7 Å². The van der Waals surface area contributed by atoms with Gasteiger partial charge in [-0.3, -0.25) is 0 Å². The summed E-state index contributed by atoms with van der Waals surface area (Å²) in [6.45, 7) is 4.65. The van der Waals surface area contributed by atoms with Gasteiger partial charge in [-0.15, -0.1) is 0 Å². The maximum absolute atomic E-state index is 6.49. The zero-order valence-electron chi connectivity index (χ0n) is 22.6. The van der Waals surface area contributed by atoms with E-state index in [1.165, 1.54) is 38.9 Å². The zero-order chi connectivity index (χ0) is 26.8. The van der Waals surface area contributed by atoms with Crippen LogP contribution in [0, 0.1) is 0 Å². The Bertz CT molecular complexity index is 1670. The first-order valence-corrected chi connectivity index (χ1v) is 13.6. The molecule has 0 unspecified atom stereocenters. The molecule has 5 aromatic rings. The first kappa shape index (κ1) is 24.7. The molecule has 0 atom stereocenters. The monoisotopic (exact) mass is 503 g/mol.